The molecule has 0 aromatic heterocycles. The van der Waals surface area contributed by atoms with Crippen LogP contribution in [0.5, 0.6) is 5.75 Å². The van der Waals surface area contributed by atoms with Gasteiger partial charge in [-0.3, -0.25) is 9.91 Å². The second kappa shape index (κ2) is 8.81. The quantitative estimate of drug-likeness (QED) is 0.714. The molecule has 1 aliphatic rings. The van der Waals surface area contributed by atoms with Crippen LogP contribution in [-0.2, 0) is 17.4 Å². The molecular weight excluding hydrogens is 370 g/mol. The summed E-state index contributed by atoms with van der Waals surface area (Å²) in [6.45, 7) is 17.7. The van der Waals surface area contributed by atoms with E-state index in [9.17, 15) is 5.11 Å². The third-order valence-electron chi connectivity index (χ3n) is 5.72. The van der Waals surface area contributed by atoms with Crippen molar-refractivity contribution < 1.29 is 5.11 Å². The zero-order chi connectivity index (χ0) is 21.9. The standard InChI is InChI=1S/C26H37N3O/c1-25(2,3)22-16-21(17-23(24(22)30)26(4,5)6)18-27-29-14-12-28(13-15-29)19-20-10-8-7-9-11-20/h7-11,16-18,30H,12-15,19H2,1-6H3. The molecule has 0 spiro atoms. The van der Waals surface area contributed by atoms with E-state index in [-0.39, 0.29) is 10.8 Å². The van der Waals surface area contributed by atoms with E-state index in [0.29, 0.717) is 5.75 Å². The highest BCUT2D eigenvalue weighted by Crippen LogP contribution is 2.39. The summed E-state index contributed by atoms with van der Waals surface area (Å²) in [5.41, 5.74) is 4.11. The monoisotopic (exact) mass is 407 g/mol. The Morgan fingerprint density at radius 2 is 1.40 bits per heavy atom. The molecule has 0 unspecified atom stereocenters. The van der Waals surface area contributed by atoms with Crippen LogP contribution < -0.4 is 0 Å². The van der Waals surface area contributed by atoms with Crippen LogP contribution in [0.4, 0.5) is 0 Å². The highest BCUT2D eigenvalue weighted by Gasteiger charge is 2.26. The van der Waals surface area contributed by atoms with Crippen LogP contribution in [0.3, 0.4) is 0 Å². The van der Waals surface area contributed by atoms with Gasteiger partial charge in [0.15, 0.2) is 0 Å². The minimum absolute atomic E-state index is 0.128. The van der Waals surface area contributed by atoms with Gasteiger partial charge < -0.3 is 5.11 Å². The smallest absolute Gasteiger partial charge is 0.123 e. The molecule has 1 aliphatic heterocycles. The van der Waals surface area contributed by atoms with Crippen molar-refractivity contribution >= 4 is 6.21 Å². The molecule has 0 amide bonds. The van der Waals surface area contributed by atoms with Gasteiger partial charge in [0.2, 0.25) is 0 Å². The van der Waals surface area contributed by atoms with Gasteiger partial charge in [-0.15, -0.1) is 0 Å². The van der Waals surface area contributed by atoms with Crippen molar-refractivity contribution in [3.63, 3.8) is 0 Å². The van der Waals surface area contributed by atoms with E-state index >= 15 is 0 Å². The van der Waals surface area contributed by atoms with Crippen molar-refractivity contribution in [1.82, 2.24) is 9.91 Å². The molecule has 0 radical (unpaired) electrons. The first kappa shape index (κ1) is 22.4. The van der Waals surface area contributed by atoms with Gasteiger partial charge in [-0.1, -0.05) is 71.9 Å². The van der Waals surface area contributed by atoms with E-state index < -0.39 is 0 Å². The average molecular weight is 408 g/mol. The number of hydrogen-bond acceptors (Lipinski definition) is 4. The van der Waals surface area contributed by atoms with E-state index in [0.717, 1.165) is 49.4 Å². The minimum Gasteiger partial charge on any atom is -0.507 e. The highest BCUT2D eigenvalue weighted by molar-refractivity contribution is 5.81. The van der Waals surface area contributed by atoms with Gasteiger partial charge in [0.25, 0.3) is 0 Å². The normalized spacial score (nSPS) is 16.4. The third kappa shape index (κ3) is 5.63. The zero-order valence-electron chi connectivity index (χ0n) is 19.4. The second-order valence-corrected chi connectivity index (χ2v) is 10.4. The molecule has 1 N–H and O–H groups in total. The Bertz CT molecular complexity index is 832. The number of benzene rings is 2. The van der Waals surface area contributed by atoms with E-state index in [4.69, 9.17) is 5.10 Å². The Kier molecular flexibility index (Phi) is 6.56. The minimum atomic E-state index is -0.128. The lowest BCUT2D eigenvalue weighted by molar-refractivity contribution is 0.131. The van der Waals surface area contributed by atoms with E-state index in [1.165, 1.54) is 5.56 Å². The van der Waals surface area contributed by atoms with Crippen molar-refractivity contribution in [3.05, 3.63) is 64.7 Å². The van der Waals surface area contributed by atoms with Crippen molar-refractivity contribution in [2.24, 2.45) is 5.10 Å². The van der Waals surface area contributed by atoms with Gasteiger partial charge in [-0.25, -0.2) is 0 Å². The number of piperazine rings is 1. The molecule has 0 atom stereocenters. The topological polar surface area (TPSA) is 39.1 Å². The highest BCUT2D eigenvalue weighted by atomic mass is 16.3. The maximum absolute atomic E-state index is 10.9. The lowest BCUT2D eigenvalue weighted by atomic mass is 9.78. The maximum atomic E-state index is 10.9. The number of nitrogens with zero attached hydrogens (tertiary/aromatic N) is 3. The maximum Gasteiger partial charge on any atom is 0.123 e. The SMILES string of the molecule is CC(C)(C)c1cc(C=NN2CCN(Cc3ccccc3)CC2)cc(C(C)(C)C)c1O. The van der Waals surface area contributed by atoms with Crippen LogP contribution in [0.1, 0.15) is 63.8 Å². The van der Waals surface area contributed by atoms with Gasteiger partial charge >= 0.3 is 0 Å². The van der Waals surface area contributed by atoms with Crippen LogP contribution >= 0.6 is 0 Å². The van der Waals surface area contributed by atoms with Crippen molar-refractivity contribution in [1.29, 1.82) is 0 Å². The summed E-state index contributed by atoms with van der Waals surface area (Å²) in [6.07, 6.45) is 1.96. The Morgan fingerprint density at radius 3 is 1.90 bits per heavy atom. The van der Waals surface area contributed by atoms with Crippen LogP contribution in [0, 0.1) is 0 Å². The number of hydrazone groups is 1. The fraction of sp³-hybridized carbons (Fsp3) is 0.500. The first-order valence-electron chi connectivity index (χ1n) is 11.0. The summed E-state index contributed by atoms with van der Waals surface area (Å²) in [5, 5.41) is 17.8. The number of phenols is 1. The Labute approximate surface area is 182 Å². The fourth-order valence-electron chi connectivity index (χ4n) is 3.88. The van der Waals surface area contributed by atoms with Crippen LogP contribution in [0.25, 0.3) is 0 Å². The van der Waals surface area contributed by atoms with Gasteiger partial charge in [0.1, 0.15) is 5.75 Å². The average Bonchev–Trinajstić information content (AvgIpc) is 2.67. The number of hydrogen-bond donors (Lipinski definition) is 1. The number of phenolic OH excluding ortho intramolecular Hbond substituents is 1. The van der Waals surface area contributed by atoms with Gasteiger partial charge in [0, 0.05) is 43.9 Å². The summed E-state index contributed by atoms with van der Waals surface area (Å²) < 4.78 is 0. The Morgan fingerprint density at radius 1 is 0.867 bits per heavy atom. The summed E-state index contributed by atoms with van der Waals surface area (Å²) in [6, 6.07) is 14.8. The van der Waals surface area contributed by atoms with Gasteiger partial charge in [-0.2, -0.15) is 5.10 Å². The predicted molar refractivity (Wildman–Crippen MR) is 126 cm³/mol. The second-order valence-electron chi connectivity index (χ2n) is 10.4. The lowest BCUT2D eigenvalue weighted by Crippen LogP contribution is -2.43. The molecule has 2 aromatic rings. The molecule has 1 fully saturated rings. The van der Waals surface area contributed by atoms with Crippen molar-refractivity contribution in [2.75, 3.05) is 26.2 Å². The molecule has 0 aliphatic carbocycles. The largest absolute Gasteiger partial charge is 0.507 e. The van der Waals surface area contributed by atoms with E-state index in [1.54, 1.807) is 0 Å². The Hall–Kier alpha value is -2.33. The van der Waals surface area contributed by atoms with Crippen molar-refractivity contribution in [3.8, 4) is 5.75 Å². The lowest BCUT2D eigenvalue weighted by Gasteiger charge is -2.33. The van der Waals surface area contributed by atoms with E-state index in [1.807, 2.05) is 6.21 Å². The zero-order valence-corrected chi connectivity index (χ0v) is 19.4. The first-order chi connectivity index (χ1) is 14.0. The van der Waals surface area contributed by atoms with Crippen LogP contribution in [0.2, 0.25) is 0 Å². The Balaban J connectivity index is 1.70. The predicted octanol–water partition coefficient (Wildman–Crippen LogP) is 5.14. The molecule has 4 nitrogen and oxygen atoms in total. The van der Waals surface area contributed by atoms with E-state index in [2.05, 4.69) is 93.9 Å². The van der Waals surface area contributed by atoms with Crippen molar-refractivity contribution in [2.45, 2.75) is 58.9 Å². The molecule has 2 aromatic carbocycles. The molecule has 1 saturated heterocycles. The summed E-state index contributed by atoms with van der Waals surface area (Å²) >= 11 is 0. The molecule has 30 heavy (non-hydrogen) atoms. The molecule has 1 heterocycles. The molecule has 3 rings (SSSR count). The van der Waals surface area contributed by atoms with Gasteiger partial charge in [0.05, 0.1) is 6.21 Å². The number of aromatic hydroxyl groups is 1. The summed E-state index contributed by atoms with van der Waals surface area (Å²) in [4.78, 5) is 2.48. The van der Waals surface area contributed by atoms with Gasteiger partial charge in [-0.05, 0) is 34.1 Å². The third-order valence-corrected chi connectivity index (χ3v) is 5.72. The molecule has 4 heteroatoms. The molecule has 0 saturated carbocycles. The fourth-order valence-corrected chi connectivity index (χ4v) is 3.88. The van der Waals surface area contributed by atoms with Crippen LogP contribution in [0.15, 0.2) is 47.6 Å². The molecule has 162 valence electrons. The molecular formula is C26H37N3O. The summed E-state index contributed by atoms with van der Waals surface area (Å²) in [7, 11) is 0. The summed E-state index contributed by atoms with van der Waals surface area (Å²) in [5.74, 6) is 0.418. The first-order valence-corrected chi connectivity index (χ1v) is 11.0. The number of rotatable bonds is 4. The molecule has 0 bridgehead atoms. The van der Waals surface area contributed by atoms with Crippen LogP contribution in [-0.4, -0.2) is 47.4 Å².